The van der Waals surface area contributed by atoms with E-state index in [1.165, 1.54) is 12.7 Å². The van der Waals surface area contributed by atoms with Crippen LogP contribution in [0.2, 0.25) is 0 Å². The number of hydrogen-bond donors (Lipinski definition) is 8. The van der Waals surface area contributed by atoms with E-state index < -0.39 is 24.3 Å². The molecule has 16 nitrogen and oxygen atoms in total. The quantitative estimate of drug-likeness (QED) is 0.0747. The summed E-state index contributed by atoms with van der Waals surface area (Å²) >= 11 is 1.89. The Balaban J connectivity index is 0.829. The van der Waals surface area contributed by atoms with Crippen molar-refractivity contribution >= 4 is 52.5 Å². The van der Waals surface area contributed by atoms with Gasteiger partial charge in [0.15, 0.2) is 11.5 Å². The van der Waals surface area contributed by atoms with Crippen LogP contribution in [-0.4, -0.2) is 108 Å². The first-order chi connectivity index (χ1) is 23.7. The van der Waals surface area contributed by atoms with Crippen LogP contribution in [0.3, 0.4) is 0 Å². The molecule has 4 heterocycles. The van der Waals surface area contributed by atoms with Gasteiger partial charge >= 0.3 is 6.03 Å². The van der Waals surface area contributed by atoms with Gasteiger partial charge in [-0.15, -0.1) is 0 Å². The number of carbonyl (C=O) groups excluding carboxylic acids is 4. The number of carbonyl (C=O) groups is 4. The number of nitrogens with two attached hydrogens (primary N) is 1. The summed E-state index contributed by atoms with van der Waals surface area (Å²) in [5, 5.41) is 36.4. The summed E-state index contributed by atoms with van der Waals surface area (Å²) in [5.74, 6) is 1.04. The number of thioether (sulfide) groups is 1. The minimum atomic E-state index is -1.13. The molecule has 1 aliphatic carbocycles. The largest absolute Gasteiger partial charge is 0.388 e. The maximum absolute atomic E-state index is 12.5. The molecule has 3 aliphatic rings. The molecule has 9 N–H and O–H groups in total. The lowest BCUT2D eigenvalue weighted by Gasteiger charge is -2.18. The van der Waals surface area contributed by atoms with Crippen molar-refractivity contribution in [1.29, 1.82) is 0 Å². The van der Waals surface area contributed by atoms with E-state index in [1.807, 2.05) is 11.8 Å². The van der Waals surface area contributed by atoms with Crippen LogP contribution in [0, 0.1) is 0 Å². The maximum Gasteiger partial charge on any atom is 0.315 e. The van der Waals surface area contributed by atoms with Crippen LogP contribution in [0.1, 0.15) is 89.5 Å². The Bertz CT molecular complexity index is 1440. The highest BCUT2D eigenvalue weighted by molar-refractivity contribution is 8.00. The molecule has 0 bridgehead atoms. The van der Waals surface area contributed by atoms with Gasteiger partial charge in [0.1, 0.15) is 24.1 Å². The molecule has 0 unspecified atom stereocenters. The Morgan fingerprint density at radius 1 is 0.878 bits per heavy atom. The van der Waals surface area contributed by atoms with Gasteiger partial charge in [0.25, 0.3) is 0 Å². The van der Waals surface area contributed by atoms with Gasteiger partial charge in [-0.2, -0.15) is 11.8 Å². The second-order valence-electron chi connectivity index (χ2n) is 13.2. The van der Waals surface area contributed by atoms with Crippen molar-refractivity contribution in [3.05, 3.63) is 12.7 Å². The number of nitrogen functional groups attached to an aromatic ring is 1. The fraction of sp³-hybridized carbons (Fsp3) is 0.719. The summed E-state index contributed by atoms with van der Waals surface area (Å²) in [6.07, 6.45) is 9.55. The van der Waals surface area contributed by atoms with Gasteiger partial charge in [0.2, 0.25) is 17.7 Å². The Labute approximate surface area is 289 Å². The third-order valence-electron chi connectivity index (χ3n) is 9.63. The second kappa shape index (κ2) is 17.8. The number of aliphatic hydroxyl groups is 2. The molecule has 2 aromatic rings. The van der Waals surface area contributed by atoms with E-state index in [-0.39, 0.29) is 48.1 Å². The van der Waals surface area contributed by atoms with Crippen molar-refractivity contribution in [2.24, 2.45) is 0 Å². The van der Waals surface area contributed by atoms with Crippen LogP contribution in [0.4, 0.5) is 10.6 Å². The van der Waals surface area contributed by atoms with Gasteiger partial charge in [-0.1, -0.05) is 19.3 Å². The lowest BCUT2D eigenvalue weighted by Crippen LogP contribution is -2.43. The van der Waals surface area contributed by atoms with Crippen LogP contribution in [0.25, 0.3) is 11.2 Å². The number of unbranched alkanes of at least 4 members (excludes halogenated alkanes) is 5. The first-order valence-electron chi connectivity index (χ1n) is 17.5. The van der Waals surface area contributed by atoms with Gasteiger partial charge in [-0.3, -0.25) is 14.4 Å². The van der Waals surface area contributed by atoms with Crippen molar-refractivity contribution in [1.82, 2.24) is 46.1 Å². The number of nitrogens with one attached hydrogen (secondary N) is 5. The molecular weight excluding hydrogens is 652 g/mol. The molecule has 17 heteroatoms. The molecule has 5 rings (SSSR count). The van der Waals surface area contributed by atoms with Gasteiger partial charge in [-0.05, 0) is 44.9 Å². The molecular formula is C32H50N10O6S. The topological polar surface area (TPSA) is 239 Å². The minimum Gasteiger partial charge on any atom is -0.388 e. The summed E-state index contributed by atoms with van der Waals surface area (Å²) in [6.45, 7) is 1.16. The van der Waals surface area contributed by atoms with Crippen LogP contribution in [-0.2, 0) is 14.4 Å². The molecule has 7 atom stereocenters. The van der Waals surface area contributed by atoms with Crippen molar-refractivity contribution in [2.75, 3.05) is 24.6 Å². The van der Waals surface area contributed by atoms with Gasteiger partial charge in [-0.25, -0.2) is 19.7 Å². The molecule has 270 valence electrons. The Kier molecular flexibility index (Phi) is 13.3. The summed E-state index contributed by atoms with van der Waals surface area (Å²) in [5.41, 5.74) is 6.73. The van der Waals surface area contributed by atoms with Crippen molar-refractivity contribution in [3.63, 3.8) is 0 Å². The highest BCUT2D eigenvalue weighted by Gasteiger charge is 2.44. The number of fused-ring (bicyclic) bond motifs is 2. The van der Waals surface area contributed by atoms with Crippen molar-refractivity contribution < 1.29 is 29.4 Å². The van der Waals surface area contributed by atoms with Crippen LogP contribution in [0.15, 0.2) is 12.7 Å². The monoisotopic (exact) mass is 702 g/mol. The number of urea groups is 1. The number of imidazole rings is 1. The van der Waals surface area contributed by atoms with E-state index in [0.29, 0.717) is 55.2 Å². The zero-order chi connectivity index (χ0) is 34.8. The number of anilines is 1. The average Bonchev–Trinajstić information content (AvgIpc) is 3.83. The van der Waals surface area contributed by atoms with E-state index in [1.54, 1.807) is 4.57 Å². The van der Waals surface area contributed by atoms with E-state index in [4.69, 9.17) is 5.73 Å². The first-order valence-corrected chi connectivity index (χ1v) is 18.6. The lowest BCUT2D eigenvalue weighted by atomic mass is 10.0. The molecule has 2 saturated heterocycles. The highest BCUT2D eigenvalue weighted by Crippen LogP contribution is 2.34. The molecule has 5 amide bonds. The fourth-order valence-electron chi connectivity index (χ4n) is 6.90. The Morgan fingerprint density at radius 3 is 2.27 bits per heavy atom. The molecule has 2 aliphatic heterocycles. The standard InChI is InChI=1S/C32H50N10O6S/c33-30-27-31(37-17-36-30)42(18-38-27)21-15-19(28(46)29(21)47)39-25(45)12-4-2-8-14-34-23(43)10-3-1-7-13-35-24(44)11-6-5-9-22-26-20(16-49-22)40-32(48)41-26/h17-22,26,28-29,46-47H,1-16H2,(H,34,43)(H,35,44)(H,39,45)(H2,33,36,37)(H2,40,41,48)/t19-,20-,21+,22-,26-,28+,29-/m0/s1. The van der Waals surface area contributed by atoms with E-state index >= 15 is 0 Å². The molecule has 3 fully saturated rings. The molecule has 0 aromatic carbocycles. The van der Waals surface area contributed by atoms with Gasteiger partial charge in [0.05, 0.1) is 30.5 Å². The van der Waals surface area contributed by atoms with Crippen molar-refractivity contribution in [3.8, 4) is 0 Å². The molecule has 0 spiro atoms. The zero-order valence-corrected chi connectivity index (χ0v) is 28.6. The average molecular weight is 703 g/mol. The predicted octanol–water partition coefficient (Wildman–Crippen LogP) is 0.639. The number of rotatable bonds is 19. The van der Waals surface area contributed by atoms with Crippen LogP contribution < -0.4 is 32.3 Å². The third-order valence-corrected chi connectivity index (χ3v) is 11.1. The van der Waals surface area contributed by atoms with E-state index in [0.717, 1.165) is 57.1 Å². The number of hydrogen-bond acceptors (Lipinski definition) is 11. The van der Waals surface area contributed by atoms with Crippen LogP contribution >= 0.6 is 11.8 Å². The number of aromatic nitrogens is 4. The first kappa shape index (κ1) is 36.6. The summed E-state index contributed by atoms with van der Waals surface area (Å²) in [7, 11) is 0. The molecule has 2 aromatic heterocycles. The second-order valence-corrected chi connectivity index (χ2v) is 14.5. The number of nitrogens with zero attached hydrogens (tertiary/aromatic N) is 4. The number of aliphatic hydroxyl groups excluding tert-OH is 2. The van der Waals surface area contributed by atoms with Gasteiger partial charge in [0, 0.05) is 43.4 Å². The Morgan fingerprint density at radius 2 is 1.55 bits per heavy atom. The number of amides is 5. The third kappa shape index (κ3) is 9.94. The summed E-state index contributed by atoms with van der Waals surface area (Å²) in [6, 6.07) is -0.764. The normalized spacial score (nSPS) is 25.9. The highest BCUT2D eigenvalue weighted by atomic mass is 32.2. The zero-order valence-electron chi connectivity index (χ0n) is 27.8. The smallest absolute Gasteiger partial charge is 0.315 e. The Hall–Kier alpha value is -3.70. The van der Waals surface area contributed by atoms with Crippen LogP contribution in [0.5, 0.6) is 0 Å². The SMILES string of the molecule is Nc1ncnc2c1ncn2[C@@H]1C[C@H](NC(=O)CCCCCNC(=O)CCCCCNC(=O)CCCC[C@@H]2SC[C@@H]3NC(=O)N[C@@H]32)[C@@H](O)[C@H]1O. The minimum absolute atomic E-state index is 0.00429. The lowest BCUT2D eigenvalue weighted by molar-refractivity contribution is -0.123. The summed E-state index contributed by atoms with van der Waals surface area (Å²) in [4.78, 5) is 60.7. The molecule has 49 heavy (non-hydrogen) atoms. The predicted molar refractivity (Wildman–Crippen MR) is 184 cm³/mol. The van der Waals surface area contributed by atoms with Gasteiger partial charge < -0.3 is 47.1 Å². The molecule has 1 saturated carbocycles. The van der Waals surface area contributed by atoms with E-state index in [2.05, 4.69) is 41.5 Å². The van der Waals surface area contributed by atoms with E-state index in [9.17, 15) is 29.4 Å². The van der Waals surface area contributed by atoms with Crippen molar-refractivity contribution in [2.45, 2.75) is 125 Å². The fourth-order valence-corrected chi connectivity index (χ4v) is 8.44. The molecule has 0 radical (unpaired) electrons. The maximum atomic E-state index is 12.5. The summed E-state index contributed by atoms with van der Waals surface area (Å²) < 4.78 is 1.66.